The number of nitrogens with zero attached hydrogens (tertiary/aromatic N) is 1. The zero-order valence-corrected chi connectivity index (χ0v) is 15.0. The highest BCUT2D eigenvalue weighted by Gasteiger charge is 2.24. The minimum absolute atomic E-state index is 0.327. The Hall–Kier alpha value is -1.22. The molecule has 0 amide bonds. The lowest BCUT2D eigenvalue weighted by Gasteiger charge is -1.98. The minimum atomic E-state index is -0.414. The maximum absolute atomic E-state index is 11.9. The number of benzene rings is 2. The first kappa shape index (κ1) is 14.7. The first-order chi connectivity index (χ1) is 10.1. The van der Waals surface area contributed by atoms with Crippen LogP contribution in [0.15, 0.2) is 59.2 Å². The van der Waals surface area contributed by atoms with Crippen LogP contribution in [0.5, 0.6) is 0 Å². The van der Waals surface area contributed by atoms with Crippen molar-refractivity contribution in [1.82, 2.24) is 0 Å². The smallest absolute Gasteiger partial charge is 0.363 e. The Morgan fingerprint density at radius 3 is 2.43 bits per heavy atom. The van der Waals surface area contributed by atoms with Crippen LogP contribution < -0.4 is 0 Å². The number of carbonyl (C=O) groups excluding carboxylic acids is 1. The van der Waals surface area contributed by atoms with E-state index in [9.17, 15) is 4.79 Å². The first-order valence-corrected chi connectivity index (χ1v) is 8.32. The third kappa shape index (κ3) is 3.34. The van der Waals surface area contributed by atoms with Crippen LogP contribution in [0.25, 0.3) is 6.08 Å². The highest BCUT2D eigenvalue weighted by molar-refractivity contribution is 14.1. The summed E-state index contributed by atoms with van der Waals surface area (Å²) in [6.45, 7) is 0. The predicted octanol–water partition coefficient (Wildman–Crippen LogP) is 4.24. The van der Waals surface area contributed by atoms with Crippen molar-refractivity contribution in [3.05, 3.63) is 72.5 Å². The highest BCUT2D eigenvalue weighted by Crippen LogP contribution is 2.21. The molecule has 0 radical (unpaired) electrons. The first-order valence-electron chi connectivity index (χ1n) is 6.16. The molecule has 1 aliphatic heterocycles. The average Bonchev–Trinajstić information content (AvgIpc) is 2.83. The van der Waals surface area contributed by atoms with Gasteiger partial charge in [0.25, 0.3) is 0 Å². The molecule has 1 heterocycles. The number of esters is 1. The molecule has 3 rings (SSSR count). The quantitative estimate of drug-likeness (QED) is 0.351. The highest BCUT2D eigenvalue weighted by atomic mass is 127. The molecular weight excluding hydrogens is 492 g/mol. The van der Waals surface area contributed by atoms with Crippen molar-refractivity contribution in [1.29, 1.82) is 0 Å². The topological polar surface area (TPSA) is 38.7 Å². The van der Waals surface area contributed by atoms with Crippen molar-refractivity contribution < 1.29 is 9.53 Å². The summed E-state index contributed by atoms with van der Waals surface area (Å²) in [5, 5.41) is 0. The van der Waals surface area contributed by atoms with Crippen LogP contribution >= 0.6 is 45.2 Å². The molecule has 0 fully saturated rings. The van der Waals surface area contributed by atoms with Crippen LogP contribution in [0.4, 0.5) is 0 Å². The van der Waals surface area contributed by atoms with Gasteiger partial charge in [0.2, 0.25) is 5.90 Å². The Bertz CT molecular complexity index is 764. The summed E-state index contributed by atoms with van der Waals surface area (Å²) in [5.41, 5.74) is 2.08. The number of carbonyl (C=O) groups is 1. The van der Waals surface area contributed by atoms with E-state index < -0.39 is 5.97 Å². The molecule has 21 heavy (non-hydrogen) atoms. The second-order valence-electron chi connectivity index (χ2n) is 4.36. The molecule has 0 saturated heterocycles. The third-order valence-electron chi connectivity index (χ3n) is 2.91. The van der Waals surface area contributed by atoms with E-state index in [4.69, 9.17) is 4.74 Å². The minimum Gasteiger partial charge on any atom is -0.402 e. The van der Waals surface area contributed by atoms with Gasteiger partial charge in [-0.05, 0) is 87.2 Å². The van der Waals surface area contributed by atoms with Gasteiger partial charge >= 0.3 is 5.97 Å². The lowest BCUT2D eigenvalue weighted by atomic mass is 10.2. The molecule has 3 nitrogen and oxygen atoms in total. The van der Waals surface area contributed by atoms with Crippen molar-refractivity contribution in [3.63, 3.8) is 0 Å². The Morgan fingerprint density at radius 2 is 1.71 bits per heavy atom. The van der Waals surface area contributed by atoms with E-state index in [1.54, 1.807) is 6.08 Å². The van der Waals surface area contributed by atoms with Gasteiger partial charge in [-0.1, -0.05) is 18.2 Å². The maximum Gasteiger partial charge on any atom is 0.363 e. The van der Waals surface area contributed by atoms with Crippen LogP contribution in [0.3, 0.4) is 0 Å². The lowest BCUT2D eigenvalue weighted by Crippen LogP contribution is -2.05. The summed E-state index contributed by atoms with van der Waals surface area (Å²) in [7, 11) is 0. The molecule has 2 aromatic carbocycles. The average molecular weight is 501 g/mol. The SMILES string of the molecule is O=C1OC(c2ccc(I)cc2)=N/C1=C\c1ccccc1I. The molecule has 0 atom stereocenters. The van der Waals surface area contributed by atoms with Crippen molar-refractivity contribution >= 4 is 63.1 Å². The van der Waals surface area contributed by atoms with Crippen LogP contribution in [-0.4, -0.2) is 11.9 Å². The van der Waals surface area contributed by atoms with Crippen LogP contribution in [0.1, 0.15) is 11.1 Å². The number of ether oxygens (including phenoxy) is 1. The van der Waals surface area contributed by atoms with E-state index in [1.807, 2.05) is 48.5 Å². The van der Waals surface area contributed by atoms with Crippen LogP contribution in [0.2, 0.25) is 0 Å². The Balaban J connectivity index is 1.96. The molecule has 0 N–H and O–H groups in total. The fourth-order valence-electron chi connectivity index (χ4n) is 1.86. The van der Waals surface area contributed by atoms with Crippen molar-refractivity contribution in [2.24, 2.45) is 4.99 Å². The van der Waals surface area contributed by atoms with Crippen molar-refractivity contribution in [2.75, 3.05) is 0 Å². The summed E-state index contributed by atoms with van der Waals surface area (Å²) in [4.78, 5) is 16.2. The molecule has 1 aliphatic rings. The molecule has 0 bridgehead atoms. The van der Waals surface area contributed by atoms with E-state index in [0.717, 1.165) is 18.3 Å². The van der Waals surface area contributed by atoms with Gasteiger partial charge in [-0.2, -0.15) is 0 Å². The Labute approximate surface area is 149 Å². The Morgan fingerprint density at radius 1 is 1.00 bits per heavy atom. The molecular formula is C16H9I2NO2. The zero-order chi connectivity index (χ0) is 14.8. The largest absolute Gasteiger partial charge is 0.402 e. The summed E-state index contributed by atoms with van der Waals surface area (Å²) < 4.78 is 7.43. The normalized spacial score (nSPS) is 16.0. The summed E-state index contributed by atoms with van der Waals surface area (Å²) in [6, 6.07) is 15.5. The van der Waals surface area contributed by atoms with Gasteiger partial charge < -0.3 is 4.74 Å². The van der Waals surface area contributed by atoms with Gasteiger partial charge in [0.1, 0.15) is 0 Å². The van der Waals surface area contributed by atoms with Gasteiger partial charge in [0, 0.05) is 12.7 Å². The number of hydrogen-bond acceptors (Lipinski definition) is 3. The van der Waals surface area contributed by atoms with E-state index in [0.29, 0.717) is 11.6 Å². The lowest BCUT2D eigenvalue weighted by molar-refractivity contribution is -0.129. The second kappa shape index (κ2) is 6.27. The molecule has 2 aromatic rings. The van der Waals surface area contributed by atoms with E-state index in [-0.39, 0.29) is 0 Å². The molecule has 0 spiro atoms. The summed E-state index contributed by atoms with van der Waals surface area (Å²) >= 11 is 4.45. The monoisotopic (exact) mass is 501 g/mol. The third-order valence-corrected chi connectivity index (χ3v) is 4.61. The van der Waals surface area contributed by atoms with Gasteiger partial charge in [0.05, 0.1) is 0 Å². The fraction of sp³-hybridized carbons (Fsp3) is 0. The van der Waals surface area contributed by atoms with E-state index in [1.165, 1.54) is 0 Å². The number of halogens is 2. The second-order valence-corrected chi connectivity index (χ2v) is 6.77. The number of cyclic esters (lactones) is 1. The number of rotatable bonds is 2. The predicted molar refractivity (Wildman–Crippen MR) is 98.9 cm³/mol. The summed E-state index contributed by atoms with van der Waals surface area (Å²) in [5.74, 6) is -0.0585. The van der Waals surface area contributed by atoms with Crippen molar-refractivity contribution in [2.45, 2.75) is 0 Å². The van der Waals surface area contributed by atoms with Crippen molar-refractivity contribution in [3.8, 4) is 0 Å². The molecule has 0 saturated carbocycles. The van der Waals surface area contributed by atoms with E-state index >= 15 is 0 Å². The Kier molecular flexibility index (Phi) is 4.39. The fourth-order valence-corrected chi connectivity index (χ4v) is 2.77. The molecule has 0 aliphatic carbocycles. The van der Waals surface area contributed by atoms with Gasteiger partial charge in [-0.25, -0.2) is 9.79 Å². The standard InChI is InChI=1S/C16H9I2NO2/c17-12-7-5-10(6-8-12)15-19-14(16(20)21-15)9-11-3-1-2-4-13(11)18/h1-9H/b14-9-. The molecule has 0 aromatic heterocycles. The van der Waals surface area contributed by atoms with Gasteiger partial charge in [-0.3, -0.25) is 0 Å². The van der Waals surface area contributed by atoms with Crippen LogP contribution in [0, 0.1) is 7.14 Å². The number of hydrogen-bond donors (Lipinski definition) is 0. The number of aliphatic imine (C=N–C) groups is 1. The molecule has 104 valence electrons. The molecule has 0 unspecified atom stereocenters. The molecule has 5 heteroatoms. The van der Waals surface area contributed by atoms with Gasteiger partial charge in [-0.15, -0.1) is 0 Å². The maximum atomic E-state index is 11.9. The van der Waals surface area contributed by atoms with E-state index in [2.05, 4.69) is 50.2 Å². The summed E-state index contributed by atoms with van der Waals surface area (Å²) in [6.07, 6.45) is 1.75. The van der Waals surface area contributed by atoms with Gasteiger partial charge in [0.15, 0.2) is 5.70 Å². The van der Waals surface area contributed by atoms with Crippen LogP contribution in [-0.2, 0) is 9.53 Å². The zero-order valence-electron chi connectivity index (χ0n) is 10.7.